The van der Waals surface area contributed by atoms with Crippen LogP contribution in [-0.2, 0) is 22.3 Å². The summed E-state index contributed by atoms with van der Waals surface area (Å²) >= 11 is 7.09. The van der Waals surface area contributed by atoms with Crippen LogP contribution in [0, 0.1) is 11.7 Å². The van der Waals surface area contributed by atoms with Gasteiger partial charge in [-0.15, -0.1) is 0 Å². The minimum atomic E-state index is -4.90. The van der Waals surface area contributed by atoms with Crippen LogP contribution in [0.5, 0.6) is 0 Å². The van der Waals surface area contributed by atoms with Crippen molar-refractivity contribution < 1.29 is 36.7 Å². The molecule has 37 heavy (non-hydrogen) atoms. The second kappa shape index (κ2) is 11.0. The summed E-state index contributed by atoms with van der Waals surface area (Å²) in [7, 11) is 0. The Labute approximate surface area is 218 Å². The number of benzene rings is 1. The molecule has 1 aromatic carbocycles. The lowest BCUT2D eigenvalue weighted by Gasteiger charge is -2.12. The fourth-order valence-corrected chi connectivity index (χ4v) is 4.66. The van der Waals surface area contributed by atoms with Crippen molar-refractivity contribution in [3.8, 4) is 0 Å². The van der Waals surface area contributed by atoms with Gasteiger partial charge in [0.15, 0.2) is 10.9 Å². The van der Waals surface area contributed by atoms with Crippen LogP contribution in [-0.4, -0.2) is 27.2 Å². The van der Waals surface area contributed by atoms with E-state index < -0.39 is 41.5 Å². The van der Waals surface area contributed by atoms with Crippen LogP contribution in [0.25, 0.3) is 0 Å². The van der Waals surface area contributed by atoms with E-state index in [1.807, 2.05) is 0 Å². The molecule has 0 spiro atoms. The Kier molecular flexibility index (Phi) is 8.43. The van der Waals surface area contributed by atoms with Gasteiger partial charge in [-0.1, -0.05) is 42.9 Å². The number of carbonyl (C=O) groups excluding carboxylic acids is 3. The molecule has 0 aliphatic rings. The van der Waals surface area contributed by atoms with Crippen LogP contribution >= 0.6 is 22.9 Å². The van der Waals surface area contributed by atoms with Gasteiger partial charge in [0.1, 0.15) is 27.6 Å². The lowest BCUT2D eigenvalue weighted by molar-refractivity contribution is -0.146. The number of thiazole rings is 1. The molecule has 0 saturated heterocycles. The highest BCUT2D eigenvalue weighted by atomic mass is 35.5. The Morgan fingerprint density at radius 1 is 1.19 bits per heavy atom. The monoisotopic (exact) mass is 559 g/mol. The van der Waals surface area contributed by atoms with Crippen molar-refractivity contribution in [3.63, 3.8) is 0 Å². The van der Waals surface area contributed by atoms with E-state index >= 15 is 0 Å². The quantitative estimate of drug-likeness (QED) is 0.193. The number of aromatic nitrogens is 2. The Morgan fingerprint density at radius 2 is 1.86 bits per heavy atom. The summed E-state index contributed by atoms with van der Waals surface area (Å²) in [4.78, 5) is 41.1. The minimum absolute atomic E-state index is 0.0391. The third-order valence-electron chi connectivity index (χ3n) is 5.19. The predicted molar refractivity (Wildman–Crippen MR) is 129 cm³/mol. The summed E-state index contributed by atoms with van der Waals surface area (Å²) in [5.74, 6) is -3.36. The molecule has 7 nitrogen and oxygen atoms in total. The Balaban J connectivity index is 1.95. The summed E-state index contributed by atoms with van der Waals surface area (Å²) in [6.45, 7) is 5.87. The fourth-order valence-electron chi connectivity index (χ4n) is 3.47. The Morgan fingerprint density at radius 3 is 2.46 bits per heavy atom. The number of Topliss-reactive ketones (excluding diaryl/α,β-unsaturated/α-hetero) is 1. The molecule has 1 N–H and O–H groups in total. The predicted octanol–water partition coefficient (Wildman–Crippen LogP) is 6.52. The van der Waals surface area contributed by atoms with Crippen molar-refractivity contribution >= 4 is 45.7 Å². The number of esters is 1. The molecular weight excluding hydrogens is 538 g/mol. The van der Waals surface area contributed by atoms with Gasteiger partial charge in [0, 0.05) is 31.1 Å². The van der Waals surface area contributed by atoms with Crippen LogP contribution < -0.4 is 5.32 Å². The molecule has 0 bridgehead atoms. The maximum atomic E-state index is 13.7. The number of nitrogens with one attached hydrogen (secondary N) is 1. The van der Waals surface area contributed by atoms with Crippen molar-refractivity contribution in [3.05, 3.63) is 68.7 Å². The molecule has 0 aliphatic heterocycles. The number of carbonyl (C=O) groups is 3. The average molecular weight is 560 g/mol. The van der Waals surface area contributed by atoms with Crippen molar-refractivity contribution in [1.29, 1.82) is 0 Å². The third-order valence-corrected chi connectivity index (χ3v) is 6.39. The minimum Gasteiger partial charge on any atom is -0.456 e. The van der Waals surface area contributed by atoms with Crippen LogP contribution in [0.1, 0.15) is 71.5 Å². The molecule has 0 radical (unpaired) electrons. The number of hydrogen-bond donors (Lipinski definition) is 1. The lowest BCUT2D eigenvalue weighted by Crippen LogP contribution is -2.17. The van der Waals surface area contributed by atoms with Crippen molar-refractivity contribution in [2.75, 3.05) is 5.32 Å². The maximum absolute atomic E-state index is 13.7. The van der Waals surface area contributed by atoms with Crippen molar-refractivity contribution in [2.24, 2.45) is 5.92 Å². The molecule has 3 rings (SSSR count). The number of anilines is 1. The van der Waals surface area contributed by atoms with Crippen LogP contribution in [0.4, 0.5) is 22.7 Å². The molecule has 1 unspecified atom stereocenters. The molecule has 3 aromatic rings. The van der Waals surface area contributed by atoms with Gasteiger partial charge in [0.2, 0.25) is 0 Å². The second-order valence-corrected chi connectivity index (χ2v) is 10.1. The van der Waals surface area contributed by atoms with Gasteiger partial charge in [-0.2, -0.15) is 13.2 Å². The SMILES string of the molecule is CC(=O)OC(C)c1nc(NC(=O)c2cc(C(=O)C(C)C)cn2Cc2ccc(F)c(C(F)(F)F)c2)sc1Cl. The van der Waals surface area contributed by atoms with Gasteiger partial charge < -0.3 is 9.30 Å². The van der Waals surface area contributed by atoms with Crippen LogP contribution in [0.15, 0.2) is 30.5 Å². The number of hydrogen-bond acceptors (Lipinski definition) is 6. The van der Waals surface area contributed by atoms with Crippen molar-refractivity contribution in [1.82, 2.24) is 9.55 Å². The van der Waals surface area contributed by atoms with Gasteiger partial charge in [0.05, 0.1) is 5.56 Å². The molecule has 0 aliphatic carbocycles. The van der Waals surface area contributed by atoms with Gasteiger partial charge in [0.25, 0.3) is 5.91 Å². The zero-order valence-corrected chi connectivity index (χ0v) is 21.6. The van der Waals surface area contributed by atoms with E-state index in [1.54, 1.807) is 20.8 Å². The topological polar surface area (TPSA) is 90.3 Å². The highest BCUT2D eigenvalue weighted by molar-refractivity contribution is 7.19. The molecule has 0 saturated carbocycles. The number of alkyl halides is 3. The zero-order valence-electron chi connectivity index (χ0n) is 20.1. The number of rotatable bonds is 8. The first-order valence-corrected chi connectivity index (χ1v) is 12.1. The third kappa shape index (κ3) is 6.75. The van der Waals surface area contributed by atoms with E-state index in [0.717, 1.165) is 11.3 Å². The normalized spacial score (nSPS) is 12.5. The van der Waals surface area contributed by atoms with E-state index in [9.17, 15) is 31.9 Å². The first kappa shape index (κ1) is 28.3. The molecule has 0 fully saturated rings. The van der Waals surface area contributed by atoms with Gasteiger partial charge >= 0.3 is 12.1 Å². The standard InChI is InChI=1S/C24H22ClF4N3O4S/c1-11(2)20(34)15-8-18(22(35)31-23-30-19(21(25)37-23)12(3)36-13(4)33)32(10-15)9-14-5-6-17(26)16(7-14)24(27,28)29/h5-8,10-12H,9H2,1-4H3,(H,30,31,35). The molecule has 198 valence electrons. The Hall–Kier alpha value is -3.25. The molecule has 2 heterocycles. The molecular formula is C24H22ClF4N3O4S. The average Bonchev–Trinajstić information content (AvgIpc) is 3.36. The largest absolute Gasteiger partial charge is 0.456 e. The van der Waals surface area contributed by atoms with E-state index in [-0.39, 0.29) is 44.3 Å². The van der Waals surface area contributed by atoms with Crippen LogP contribution in [0.2, 0.25) is 4.34 Å². The van der Waals surface area contributed by atoms with Gasteiger partial charge in [-0.3, -0.25) is 19.7 Å². The highest BCUT2D eigenvalue weighted by Gasteiger charge is 2.34. The van der Waals surface area contributed by atoms with E-state index in [0.29, 0.717) is 12.1 Å². The number of halogens is 5. The zero-order chi connectivity index (χ0) is 27.7. The summed E-state index contributed by atoms with van der Waals surface area (Å²) < 4.78 is 59.8. The highest BCUT2D eigenvalue weighted by Crippen LogP contribution is 2.34. The molecule has 1 amide bonds. The number of amides is 1. The van der Waals surface area contributed by atoms with E-state index in [4.69, 9.17) is 16.3 Å². The molecule has 1 atom stereocenters. The molecule has 13 heteroatoms. The molecule has 2 aromatic heterocycles. The summed E-state index contributed by atoms with van der Waals surface area (Å²) in [6, 6.07) is 3.85. The first-order chi connectivity index (χ1) is 17.2. The van der Waals surface area contributed by atoms with Gasteiger partial charge in [-0.25, -0.2) is 9.37 Å². The Bertz CT molecular complexity index is 1350. The number of ketones is 1. The van der Waals surface area contributed by atoms with E-state index in [2.05, 4.69) is 10.3 Å². The summed E-state index contributed by atoms with van der Waals surface area (Å²) in [5.41, 5.74) is -0.998. The van der Waals surface area contributed by atoms with Gasteiger partial charge in [-0.05, 0) is 30.7 Å². The number of ether oxygens (including phenoxy) is 1. The fraction of sp³-hybridized carbons (Fsp3) is 0.333. The second-order valence-electron chi connectivity index (χ2n) is 8.46. The van der Waals surface area contributed by atoms with Crippen molar-refractivity contribution in [2.45, 2.75) is 46.5 Å². The lowest BCUT2D eigenvalue weighted by atomic mass is 10.0. The maximum Gasteiger partial charge on any atom is 0.419 e. The van der Waals surface area contributed by atoms with Crippen LogP contribution in [0.3, 0.4) is 0 Å². The smallest absolute Gasteiger partial charge is 0.419 e. The van der Waals surface area contributed by atoms with E-state index in [1.165, 1.54) is 29.8 Å². The first-order valence-electron chi connectivity index (χ1n) is 10.9. The summed E-state index contributed by atoms with van der Waals surface area (Å²) in [6.07, 6.45) is -4.31. The number of nitrogens with zero attached hydrogens (tertiary/aromatic N) is 2. The summed E-state index contributed by atoms with van der Waals surface area (Å²) in [5, 5.41) is 2.63.